The summed E-state index contributed by atoms with van der Waals surface area (Å²) in [6.45, 7) is 4.80. The van der Waals surface area contributed by atoms with Crippen molar-refractivity contribution in [3.05, 3.63) is 23.2 Å². The number of rotatable bonds is 3. The number of nitrogens with zero attached hydrogens (tertiary/aromatic N) is 1. The highest BCUT2D eigenvalue weighted by molar-refractivity contribution is 6.30. The zero-order chi connectivity index (χ0) is 13.9. The van der Waals surface area contributed by atoms with E-state index in [2.05, 4.69) is 10.2 Å². The fourth-order valence-electron chi connectivity index (χ4n) is 2.53. The number of benzene rings is 1. The van der Waals surface area contributed by atoms with Crippen LogP contribution in [0.4, 0.5) is 0 Å². The molecule has 1 aromatic rings. The van der Waals surface area contributed by atoms with E-state index in [0.717, 1.165) is 26.2 Å². The highest BCUT2D eigenvalue weighted by Crippen LogP contribution is 2.34. The van der Waals surface area contributed by atoms with E-state index in [1.807, 2.05) is 0 Å². The molecule has 0 spiro atoms. The van der Waals surface area contributed by atoms with Crippen LogP contribution >= 0.6 is 11.6 Å². The molecule has 5 nitrogen and oxygen atoms in total. The van der Waals surface area contributed by atoms with Gasteiger partial charge in [-0.1, -0.05) is 11.6 Å². The van der Waals surface area contributed by atoms with Crippen LogP contribution in [0, 0.1) is 0 Å². The van der Waals surface area contributed by atoms with Crippen LogP contribution in [0.15, 0.2) is 18.2 Å². The van der Waals surface area contributed by atoms with E-state index >= 15 is 0 Å². The second-order valence-electron chi connectivity index (χ2n) is 5.18. The molecule has 2 aliphatic heterocycles. The minimum Gasteiger partial charge on any atom is -0.486 e. The van der Waals surface area contributed by atoms with E-state index in [1.54, 1.807) is 18.2 Å². The fraction of sp³-hybridized carbons (Fsp3) is 0.571. The van der Waals surface area contributed by atoms with Crippen LogP contribution in [0.25, 0.3) is 0 Å². The van der Waals surface area contributed by atoms with Crippen LogP contribution < -0.4 is 14.8 Å². The van der Waals surface area contributed by atoms with Gasteiger partial charge in [-0.15, -0.1) is 0 Å². The maximum atomic E-state index is 10.3. The van der Waals surface area contributed by atoms with Crippen LogP contribution in [0.3, 0.4) is 0 Å². The molecule has 0 radical (unpaired) electrons. The second kappa shape index (κ2) is 6.18. The average molecular weight is 299 g/mol. The van der Waals surface area contributed by atoms with E-state index in [4.69, 9.17) is 21.1 Å². The molecule has 0 aliphatic carbocycles. The van der Waals surface area contributed by atoms with Gasteiger partial charge in [0.2, 0.25) is 0 Å². The topological polar surface area (TPSA) is 54.0 Å². The summed E-state index contributed by atoms with van der Waals surface area (Å²) in [6.07, 6.45) is -0.893. The monoisotopic (exact) mass is 298 g/mol. The van der Waals surface area contributed by atoms with Crippen LogP contribution in [0.2, 0.25) is 5.02 Å². The Morgan fingerprint density at radius 2 is 2.15 bits per heavy atom. The molecular formula is C14H19ClN2O3. The highest BCUT2D eigenvalue weighted by Gasteiger charge is 2.29. The van der Waals surface area contributed by atoms with Gasteiger partial charge in [-0.25, -0.2) is 0 Å². The number of aliphatic hydroxyl groups is 1. The second-order valence-corrected chi connectivity index (χ2v) is 5.61. The maximum Gasteiger partial charge on any atom is 0.162 e. The number of hydrogen-bond acceptors (Lipinski definition) is 5. The summed E-state index contributed by atoms with van der Waals surface area (Å²) < 4.78 is 11.4. The van der Waals surface area contributed by atoms with Crippen LogP contribution in [0.5, 0.6) is 11.5 Å². The number of piperazine rings is 1. The lowest BCUT2D eigenvalue weighted by Crippen LogP contribution is -2.51. The van der Waals surface area contributed by atoms with E-state index in [-0.39, 0.29) is 6.10 Å². The van der Waals surface area contributed by atoms with Gasteiger partial charge in [0.1, 0.15) is 12.7 Å². The molecule has 1 saturated heterocycles. The molecule has 110 valence electrons. The molecule has 1 aromatic carbocycles. The fourth-order valence-corrected chi connectivity index (χ4v) is 2.69. The first-order valence-corrected chi connectivity index (χ1v) is 7.30. The molecule has 20 heavy (non-hydrogen) atoms. The average Bonchev–Trinajstić information content (AvgIpc) is 2.47. The normalized spacial score (nSPS) is 24.4. The largest absolute Gasteiger partial charge is 0.486 e. The highest BCUT2D eigenvalue weighted by atomic mass is 35.5. The Hall–Kier alpha value is -1.01. The van der Waals surface area contributed by atoms with Crippen molar-refractivity contribution in [1.82, 2.24) is 10.2 Å². The lowest BCUT2D eigenvalue weighted by Gasteiger charge is -2.34. The third kappa shape index (κ3) is 3.17. The Bertz CT molecular complexity index is 466. The lowest BCUT2D eigenvalue weighted by atomic mass is 10.1. The van der Waals surface area contributed by atoms with Gasteiger partial charge in [-0.05, 0) is 12.1 Å². The van der Waals surface area contributed by atoms with Gasteiger partial charge in [-0.3, -0.25) is 4.90 Å². The number of fused-ring (bicyclic) bond motifs is 1. The van der Waals surface area contributed by atoms with Crippen molar-refractivity contribution >= 4 is 11.6 Å². The zero-order valence-electron chi connectivity index (χ0n) is 11.2. The maximum absolute atomic E-state index is 10.3. The van der Waals surface area contributed by atoms with Gasteiger partial charge in [-0.2, -0.15) is 0 Å². The van der Waals surface area contributed by atoms with Gasteiger partial charge < -0.3 is 19.9 Å². The summed E-state index contributed by atoms with van der Waals surface area (Å²) in [5, 5.41) is 14.2. The first-order valence-electron chi connectivity index (χ1n) is 6.92. The molecule has 2 N–H and O–H groups in total. The summed E-state index contributed by atoms with van der Waals surface area (Å²) in [5.74, 6) is 1.29. The molecule has 0 amide bonds. The molecule has 2 aliphatic rings. The van der Waals surface area contributed by atoms with Crippen LogP contribution in [0.1, 0.15) is 0 Å². The van der Waals surface area contributed by atoms with Gasteiger partial charge in [0.05, 0.1) is 0 Å². The molecule has 0 aromatic heterocycles. The number of hydrogen-bond donors (Lipinski definition) is 2. The standard InChI is InChI=1S/C14H19ClN2O3/c15-10-1-2-12-13(7-10)19-9-14(20-12)11(18)8-17-5-3-16-4-6-17/h1-2,7,11,14,16,18H,3-6,8-9H2. The Balaban J connectivity index is 1.59. The molecule has 2 heterocycles. The SMILES string of the molecule is OC(CN1CCNCC1)C1COc2cc(Cl)ccc2O1. The van der Waals surface area contributed by atoms with Gasteiger partial charge >= 0.3 is 0 Å². The molecule has 1 fully saturated rings. The number of ether oxygens (including phenoxy) is 2. The lowest BCUT2D eigenvalue weighted by molar-refractivity contribution is -0.0266. The van der Waals surface area contributed by atoms with Crippen molar-refractivity contribution in [3.8, 4) is 11.5 Å². The summed E-state index contributed by atoms with van der Waals surface area (Å²) in [6, 6.07) is 5.27. The van der Waals surface area contributed by atoms with Crippen molar-refractivity contribution in [2.24, 2.45) is 0 Å². The van der Waals surface area contributed by atoms with Gasteiger partial charge in [0.15, 0.2) is 17.6 Å². The van der Waals surface area contributed by atoms with Crippen molar-refractivity contribution in [2.45, 2.75) is 12.2 Å². The summed E-state index contributed by atoms with van der Waals surface area (Å²) in [5.41, 5.74) is 0. The third-order valence-electron chi connectivity index (χ3n) is 3.67. The van der Waals surface area contributed by atoms with Crippen molar-refractivity contribution < 1.29 is 14.6 Å². The van der Waals surface area contributed by atoms with E-state index in [1.165, 1.54) is 0 Å². The molecule has 2 atom stereocenters. The van der Waals surface area contributed by atoms with E-state index in [9.17, 15) is 5.11 Å². The number of β-amino-alcohol motifs (C(OH)–C–C–N with tert-alkyl or cyclic N) is 1. The molecule has 0 bridgehead atoms. The molecule has 0 saturated carbocycles. The van der Waals surface area contributed by atoms with Gasteiger partial charge in [0, 0.05) is 43.8 Å². The quantitative estimate of drug-likeness (QED) is 0.862. The molecule has 2 unspecified atom stereocenters. The predicted molar refractivity (Wildman–Crippen MR) is 76.7 cm³/mol. The number of nitrogens with one attached hydrogen (secondary N) is 1. The summed E-state index contributed by atoms with van der Waals surface area (Å²) >= 11 is 5.91. The summed E-state index contributed by atoms with van der Waals surface area (Å²) in [4.78, 5) is 2.24. The van der Waals surface area contributed by atoms with E-state index in [0.29, 0.717) is 29.7 Å². The van der Waals surface area contributed by atoms with Crippen molar-refractivity contribution in [2.75, 3.05) is 39.3 Å². The molecule has 3 rings (SSSR count). The zero-order valence-corrected chi connectivity index (χ0v) is 12.0. The van der Waals surface area contributed by atoms with Gasteiger partial charge in [0.25, 0.3) is 0 Å². The smallest absolute Gasteiger partial charge is 0.162 e. The van der Waals surface area contributed by atoms with E-state index < -0.39 is 6.10 Å². The van der Waals surface area contributed by atoms with Crippen LogP contribution in [-0.4, -0.2) is 61.5 Å². The first-order chi connectivity index (χ1) is 9.72. The molecule has 6 heteroatoms. The first kappa shape index (κ1) is 13.9. The van der Waals surface area contributed by atoms with Crippen LogP contribution in [-0.2, 0) is 0 Å². The minimum absolute atomic E-state index is 0.335. The number of halogens is 1. The Labute approximate surface area is 123 Å². The summed E-state index contributed by atoms with van der Waals surface area (Å²) in [7, 11) is 0. The predicted octanol–water partition coefficient (Wildman–Crippen LogP) is 0.746. The molecular weight excluding hydrogens is 280 g/mol. The third-order valence-corrected chi connectivity index (χ3v) is 3.91. The Kier molecular flexibility index (Phi) is 4.31. The Morgan fingerprint density at radius 1 is 1.35 bits per heavy atom. The minimum atomic E-state index is -0.558. The van der Waals surface area contributed by atoms with Crippen molar-refractivity contribution in [3.63, 3.8) is 0 Å². The van der Waals surface area contributed by atoms with Crippen molar-refractivity contribution in [1.29, 1.82) is 0 Å². The Morgan fingerprint density at radius 3 is 2.95 bits per heavy atom. The number of aliphatic hydroxyl groups excluding tert-OH is 1.